The van der Waals surface area contributed by atoms with E-state index in [9.17, 15) is 18.0 Å². The van der Waals surface area contributed by atoms with E-state index in [4.69, 9.17) is 0 Å². The standard InChI is InChI=1S/C14H13F3N2OS2/c1-8-6-11(22-12(8)21-2)19-13(20)18-10-5-3-4-9(7-10)14(15,16)17/h3-7H,1-2H3,(H2,18,19,20). The Kier molecular flexibility index (Phi) is 5.02. The number of nitrogens with one attached hydrogen (secondary N) is 2. The van der Waals surface area contributed by atoms with Crippen molar-refractivity contribution in [3.8, 4) is 0 Å². The fourth-order valence-corrected chi connectivity index (χ4v) is 3.56. The Morgan fingerprint density at radius 1 is 1.23 bits per heavy atom. The molecule has 0 spiro atoms. The fourth-order valence-electron chi connectivity index (χ4n) is 1.78. The highest BCUT2D eigenvalue weighted by Crippen LogP contribution is 2.34. The zero-order chi connectivity index (χ0) is 16.3. The summed E-state index contributed by atoms with van der Waals surface area (Å²) in [6, 6.07) is 5.75. The number of anilines is 2. The van der Waals surface area contributed by atoms with E-state index in [0.29, 0.717) is 5.00 Å². The number of thioether (sulfide) groups is 1. The smallest absolute Gasteiger partial charge is 0.308 e. The Balaban J connectivity index is 2.05. The highest BCUT2D eigenvalue weighted by Gasteiger charge is 2.30. The average Bonchev–Trinajstić information content (AvgIpc) is 2.77. The Labute approximate surface area is 133 Å². The lowest BCUT2D eigenvalue weighted by atomic mass is 10.2. The molecule has 1 aromatic heterocycles. The molecule has 0 saturated heterocycles. The third-order valence-corrected chi connectivity index (χ3v) is 5.13. The number of thiophene rings is 1. The molecular formula is C14H13F3N2OS2. The highest BCUT2D eigenvalue weighted by atomic mass is 32.2. The van der Waals surface area contributed by atoms with Gasteiger partial charge in [0.2, 0.25) is 0 Å². The van der Waals surface area contributed by atoms with Gasteiger partial charge in [0.1, 0.15) is 0 Å². The molecular weight excluding hydrogens is 333 g/mol. The summed E-state index contributed by atoms with van der Waals surface area (Å²) in [5.41, 5.74) is 0.333. The molecule has 2 rings (SSSR count). The maximum atomic E-state index is 12.6. The number of rotatable bonds is 3. The predicted octanol–water partition coefficient (Wildman–Crippen LogP) is 5.44. The SMILES string of the molecule is CSc1sc(NC(=O)Nc2cccc(C(F)(F)F)c2)cc1C. The summed E-state index contributed by atoms with van der Waals surface area (Å²) in [4.78, 5) is 11.8. The first kappa shape index (κ1) is 16.7. The molecule has 2 aromatic rings. The van der Waals surface area contributed by atoms with E-state index >= 15 is 0 Å². The minimum Gasteiger partial charge on any atom is -0.308 e. The van der Waals surface area contributed by atoms with Crippen molar-refractivity contribution >= 4 is 39.8 Å². The van der Waals surface area contributed by atoms with Crippen LogP contribution in [0.1, 0.15) is 11.1 Å². The number of alkyl halides is 3. The van der Waals surface area contributed by atoms with E-state index in [0.717, 1.165) is 21.9 Å². The number of amides is 2. The van der Waals surface area contributed by atoms with Gasteiger partial charge in [-0.2, -0.15) is 13.2 Å². The first-order chi connectivity index (χ1) is 10.3. The number of carbonyl (C=O) groups excluding carboxylic acids is 1. The molecule has 1 heterocycles. The minimum absolute atomic E-state index is 0.0886. The van der Waals surface area contributed by atoms with Crippen molar-refractivity contribution in [3.05, 3.63) is 41.5 Å². The van der Waals surface area contributed by atoms with Crippen LogP contribution in [-0.2, 0) is 6.18 Å². The Morgan fingerprint density at radius 3 is 2.55 bits per heavy atom. The molecule has 0 unspecified atom stereocenters. The molecule has 0 aliphatic heterocycles. The normalized spacial score (nSPS) is 11.3. The van der Waals surface area contributed by atoms with Crippen molar-refractivity contribution in [3.63, 3.8) is 0 Å². The van der Waals surface area contributed by atoms with E-state index < -0.39 is 17.8 Å². The third-order valence-electron chi connectivity index (χ3n) is 2.74. The van der Waals surface area contributed by atoms with Crippen LogP contribution in [0.4, 0.5) is 28.7 Å². The average molecular weight is 346 g/mol. The van der Waals surface area contributed by atoms with Gasteiger partial charge < -0.3 is 5.32 Å². The van der Waals surface area contributed by atoms with Crippen LogP contribution in [-0.4, -0.2) is 12.3 Å². The summed E-state index contributed by atoms with van der Waals surface area (Å²) < 4.78 is 38.9. The van der Waals surface area contributed by atoms with Crippen molar-refractivity contribution in [1.82, 2.24) is 0 Å². The summed E-state index contributed by atoms with van der Waals surface area (Å²) in [6.07, 6.45) is -2.50. The molecule has 3 nitrogen and oxygen atoms in total. The van der Waals surface area contributed by atoms with Gasteiger partial charge in [0.15, 0.2) is 0 Å². The van der Waals surface area contributed by atoms with Gasteiger partial charge in [0.25, 0.3) is 0 Å². The van der Waals surface area contributed by atoms with Crippen LogP contribution in [0.15, 0.2) is 34.5 Å². The van der Waals surface area contributed by atoms with E-state index in [1.165, 1.54) is 23.5 Å². The van der Waals surface area contributed by atoms with Crippen molar-refractivity contribution in [2.75, 3.05) is 16.9 Å². The first-order valence-corrected chi connectivity index (χ1v) is 8.23. The summed E-state index contributed by atoms with van der Waals surface area (Å²) in [5.74, 6) is 0. The topological polar surface area (TPSA) is 41.1 Å². The molecule has 0 fully saturated rings. The molecule has 0 saturated carbocycles. The van der Waals surface area contributed by atoms with E-state index in [1.807, 2.05) is 19.2 Å². The number of halogens is 3. The largest absolute Gasteiger partial charge is 0.416 e. The van der Waals surface area contributed by atoms with E-state index in [1.54, 1.807) is 11.8 Å². The van der Waals surface area contributed by atoms with Gasteiger partial charge in [-0.3, -0.25) is 5.32 Å². The van der Waals surface area contributed by atoms with E-state index in [2.05, 4.69) is 10.6 Å². The number of benzene rings is 1. The van der Waals surface area contributed by atoms with Gasteiger partial charge in [-0.15, -0.1) is 23.1 Å². The molecule has 0 aliphatic rings. The minimum atomic E-state index is -4.44. The van der Waals surface area contributed by atoms with Crippen molar-refractivity contribution < 1.29 is 18.0 Å². The lowest BCUT2D eigenvalue weighted by Crippen LogP contribution is -2.19. The zero-order valence-corrected chi connectivity index (χ0v) is 13.4. The maximum absolute atomic E-state index is 12.6. The van der Waals surface area contributed by atoms with Crippen LogP contribution in [0.5, 0.6) is 0 Å². The number of hydrogen-bond acceptors (Lipinski definition) is 3. The predicted molar refractivity (Wildman–Crippen MR) is 84.9 cm³/mol. The van der Waals surface area contributed by atoms with Crippen LogP contribution < -0.4 is 10.6 Å². The fraction of sp³-hybridized carbons (Fsp3) is 0.214. The number of carbonyl (C=O) groups is 1. The highest BCUT2D eigenvalue weighted by molar-refractivity contribution is 8.00. The van der Waals surface area contributed by atoms with Gasteiger partial charge in [0.05, 0.1) is 14.8 Å². The summed E-state index contributed by atoms with van der Waals surface area (Å²) in [7, 11) is 0. The van der Waals surface area contributed by atoms with Gasteiger partial charge in [-0.1, -0.05) is 6.07 Å². The first-order valence-electron chi connectivity index (χ1n) is 6.19. The van der Waals surface area contributed by atoms with E-state index in [-0.39, 0.29) is 5.69 Å². The second-order valence-corrected chi connectivity index (χ2v) is 6.57. The van der Waals surface area contributed by atoms with Gasteiger partial charge in [-0.25, -0.2) is 4.79 Å². The molecule has 2 amide bonds. The quantitative estimate of drug-likeness (QED) is 0.727. The lowest BCUT2D eigenvalue weighted by molar-refractivity contribution is -0.137. The molecule has 0 bridgehead atoms. The monoisotopic (exact) mass is 346 g/mol. The number of urea groups is 1. The summed E-state index contributed by atoms with van der Waals surface area (Å²) in [5, 5.41) is 5.66. The molecule has 118 valence electrons. The lowest BCUT2D eigenvalue weighted by Gasteiger charge is -2.10. The van der Waals surface area contributed by atoms with Crippen LogP contribution in [0.25, 0.3) is 0 Å². The van der Waals surface area contributed by atoms with Gasteiger partial charge in [0, 0.05) is 5.69 Å². The molecule has 0 radical (unpaired) electrons. The van der Waals surface area contributed by atoms with Crippen molar-refractivity contribution in [1.29, 1.82) is 0 Å². The second-order valence-electron chi connectivity index (χ2n) is 4.44. The van der Waals surface area contributed by atoms with Gasteiger partial charge in [-0.05, 0) is 43.0 Å². The zero-order valence-electron chi connectivity index (χ0n) is 11.7. The van der Waals surface area contributed by atoms with Crippen LogP contribution >= 0.6 is 23.1 Å². The summed E-state index contributed by atoms with van der Waals surface area (Å²) in [6.45, 7) is 1.93. The van der Waals surface area contributed by atoms with Crippen LogP contribution in [0, 0.1) is 6.92 Å². The molecule has 2 N–H and O–H groups in total. The second kappa shape index (κ2) is 6.62. The Bertz CT molecular complexity index is 683. The van der Waals surface area contributed by atoms with Crippen molar-refractivity contribution in [2.24, 2.45) is 0 Å². The number of aryl methyl sites for hydroxylation is 1. The molecule has 0 atom stereocenters. The Hall–Kier alpha value is -1.67. The van der Waals surface area contributed by atoms with Crippen LogP contribution in [0.3, 0.4) is 0 Å². The molecule has 0 aliphatic carbocycles. The molecule has 1 aromatic carbocycles. The molecule has 22 heavy (non-hydrogen) atoms. The van der Waals surface area contributed by atoms with Crippen LogP contribution in [0.2, 0.25) is 0 Å². The Morgan fingerprint density at radius 2 is 1.95 bits per heavy atom. The number of hydrogen-bond donors (Lipinski definition) is 2. The van der Waals surface area contributed by atoms with Crippen molar-refractivity contribution in [2.45, 2.75) is 17.3 Å². The van der Waals surface area contributed by atoms with Gasteiger partial charge >= 0.3 is 12.2 Å². The molecule has 8 heteroatoms. The third kappa shape index (κ3) is 4.17. The summed E-state index contributed by atoms with van der Waals surface area (Å²) >= 11 is 2.99. The maximum Gasteiger partial charge on any atom is 0.416 e.